The number of benzene rings is 1. The zero-order valence-electron chi connectivity index (χ0n) is 13.4. The number of hydrogen-bond donors (Lipinski definition) is 2. The van der Waals surface area contributed by atoms with E-state index in [9.17, 15) is 9.18 Å². The average molecular weight is 365 g/mol. The summed E-state index contributed by atoms with van der Waals surface area (Å²) in [5, 5.41) is 6.28. The van der Waals surface area contributed by atoms with Gasteiger partial charge in [0.1, 0.15) is 6.10 Å². The van der Waals surface area contributed by atoms with E-state index in [4.69, 9.17) is 16.3 Å². The Hall–Kier alpha value is -2.41. The van der Waals surface area contributed by atoms with E-state index in [2.05, 4.69) is 20.6 Å². The highest BCUT2D eigenvalue weighted by molar-refractivity contribution is 6.30. The fraction of sp³-hybridized carbons (Fsp3) is 0.353. The molecule has 3 rings (SSSR count). The van der Waals surface area contributed by atoms with Crippen molar-refractivity contribution in [2.75, 3.05) is 5.32 Å². The van der Waals surface area contributed by atoms with E-state index < -0.39 is 5.82 Å². The van der Waals surface area contributed by atoms with Crippen molar-refractivity contribution in [2.24, 2.45) is 0 Å². The van der Waals surface area contributed by atoms with Crippen LogP contribution < -0.4 is 15.4 Å². The Labute approximate surface area is 149 Å². The molecule has 1 fully saturated rings. The van der Waals surface area contributed by atoms with Crippen molar-refractivity contribution >= 4 is 23.3 Å². The van der Waals surface area contributed by atoms with Crippen LogP contribution in [-0.2, 0) is 0 Å². The van der Waals surface area contributed by atoms with Crippen LogP contribution in [-0.4, -0.2) is 28.1 Å². The molecular weight excluding hydrogens is 347 g/mol. The zero-order valence-corrected chi connectivity index (χ0v) is 14.2. The summed E-state index contributed by atoms with van der Waals surface area (Å²) in [7, 11) is 0. The summed E-state index contributed by atoms with van der Waals surface area (Å²) in [5.41, 5.74) is 0.649. The number of rotatable bonds is 4. The Bertz CT molecular complexity index is 721. The lowest BCUT2D eigenvalue weighted by Crippen LogP contribution is -2.41. The normalized spacial score (nSPS) is 19.9. The topological polar surface area (TPSA) is 76.1 Å². The Balaban J connectivity index is 1.42. The molecule has 0 aliphatic heterocycles. The van der Waals surface area contributed by atoms with Crippen molar-refractivity contribution in [3.8, 4) is 6.01 Å². The molecule has 0 radical (unpaired) electrons. The number of hydrogen-bond acceptors (Lipinski definition) is 4. The van der Waals surface area contributed by atoms with E-state index in [0.29, 0.717) is 10.7 Å². The summed E-state index contributed by atoms with van der Waals surface area (Å²) in [4.78, 5) is 19.6. The molecule has 2 aromatic rings. The lowest BCUT2D eigenvalue weighted by molar-refractivity contribution is 0.129. The fourth-order valence-electron chi connectivity index (χ4n) is 2.75. The molecule has 2 amide bonds. The van der Waals surface area contributed by atoms with Crippen molar-refractivity contribution in [1.29, 1.82) is 0 Å². The van der Waals surface area contributed by atoms with Gasteiger partial charge in [-0.3, -0.25) is 0 Å². The molecule has 132 valence electrons. The summed E-state index contributed by atoms with van der Waals surface area (Å²) >= 11 is 5.89. The predicted molar refractivity (Wildman–Crippen MR) is 92.3 cm³/mol. The van der Waals surface area contributed by atoms with Crippen LogP contribution in [0.5, 0.6) is 6.01 Å². The second kappa shape index (κ2) is 8.11. The van der Waals surface area contributed by atoms with Gasteiger partial charge in [-0.1, -0.05) is 17.7 Å². The molecule has 25 heavy (non-hydrogen) atoms. The maximum Gasteiger partial charge on any atom is 0.319 e. The fourth-order valence-corrected chi connectivity index (χ4v) is 2.94. The summed E-state index contributed by atoms with van der Waals surface area (Å²) in [6.07, 6.45) is 5.24. The second-order valence-corrected chi connectivity index (χ2v) is 6.32. The third-order valence-corrected chi connectivity index (χ3v) is 4.20. The van der Waals surface area contributed by atoms with Crippen LogP contribution in [0.1, 0.15) is 25.7 Å². The molecule has 0 spiro atoms. The molecular formula is C17H18ClFN4O2. The maximum atomic E-state index is 12.8. The maximum absolute atomic E-state index is 12.8. The van der Waals surface area contributed by atoms with Gasteiger partial charge in [0.15, 0.2) is 5.82 Å². The summed E-state index contributed by atoms with van der Waals surface area (Å²) in [6.45, 7) is 0. The van der Waals surface area contributed by atoms with Gasteiger partial charge in [0.25, 0.3) is 0 Å². The quantitative estimate of drug-likeness (QED) is 0.865. The average Bonchev–Trinajstić information content (AvgIpc) is 2.59. The van der Waals surface area contributed by atoms with Crippen LogP contribution in [0.15, 0.2) is 36.7 Å². The van der Waals surface area contributed by atoms with Crippen molar-refractivity contribution in [1.82, 2.24) is 15.3 Å². The highest BCUT2D eigenvalue weighted by atomic mass is 35.5. The molecule has 0 atom stereocenters. The number of carbonyl (C=O) groups excluding carboxylic acids is 1. The number of amides is 2. The Morgan fingerprint density at radius 1 is 1.20 bits per heavy atom. The molecule has 8 heteroatoms. The third-order valence-electron chi connectivity index (χ3n) is 3.96. The van der Waals surface area contributed by atoms with Crippen LogP contribution >= 0.6 is 11.6 Å². The molecule has 1 aliphatic rings. The first kappa shape index (κ1) is 17.4. The molecule has 0 saturated heterocycles. The lowest BCUT2D eigenvalue weighted by Gasteiger charge is -2.28. The number of carbonyl (C=O) groups is 1. The smallest absolute Gasteiger partial charge is 0.319 e. The molecule has 0 unspecified atom stereocenters. The van der Waals surface area contributed by atoms with Crippen LogP contribution in [0.3, 0.4) is 0 Å². The van der Waals surface area contributed by atoms with E-state index in [0.717, 1.165) is 38.1 Å². The highest BCUT2D eigenvalue weighted by Crippen LogP contribution is 2.22. The van der Waals surface area contributed by atoms with Gasteiger partial charge in [-0.2, -0.15) is 0 Å². The molecule has 6 nitrogen and oxygen atoms in total. The monoisotopic (exact) mass is 364 g/mol. The van der Waals surface area contributed by atoms with E-state index in [1.54, 1.807) is 24.3 Å². The van der Waals surface area contributed by atoms with Crippen molar-refractivity contribution < 1.29 is 13.9 Å². The third kappa shape index (κ3) is 5.29. The number of ether oxygens (including phenoxy) is 1. The molecule has 2 N–H and O–H groups in total. The van der Waals surface area contributed by atoms with E-state index in [1.165, 1.54) is 0 Å². The van der Waals surface area contributed by atoms with Gasteiger partial charge in [0, 0.05) is 16.8 Å². The Kier molecular flexibility index (Phi) is 5.65. The van der Waals surface area contributed by atoms with Crippen LogP contribution in [0.4, 0.5) is 14.9 Å². The Morgan fingerprint density at radius 2 is 1.92 bits per heavy atom. The first-order valence-electron chi connectivity index (χ1n) is 8.06. The number of nitrogens with one attached hydrogen (secondary N) is 2. The van der Waals surface area contributed by atoms with Gasteiger partial charge in [0.2, 0.25) is 0 Å². The van der Waals surface area contributed by atoms with Crippen molar-refractivity contribution in [3.05, 3.63) is 47.5 Å². The molecule has 1 aliphatic carbocycles. The minimum absolute atomic E-state index is 0.0282. The first-order chi connectivity index (χ1) is 12.1. The van der Waals surface area contributed by atoms with E-state index in [-0.39, 0.29) is 24.2 Å². The van der Waals surface area contributed by atoms with Gasteiger partial charge >= 0.3 is 12.0 Å². The molecule has 1 aromatic carbocycles. The van der Waals surface area contributed by atoms with E-state index in [1.807, 2.05) is 0 Å². The predicted octanol–water partition coefficient (Wildman–Crippen LogP) is 3.78. The molecule has 1 aromatic heterocycles. The minimum atomic E-state index is -0.494. The molecule has 1 heterocycles. The highest BCUT2D eigenvalue weighted by Gasteiger charge is 2.24. The van der Waals surface area contributed by atoms with Crippen molar-refractivity contribution in [3.63, 3.8) is 0 Å². The van der Waals surface area contributed by atoms with Gasteiger partial charge in [0.05, 0.1) is 12.4 Å². The minimum Gasteiger partial charge on any atom is -0.460 e. The number of anilines is 1. The number of urea groups is 1. The number of nitrogens with zero attached hydrogens (tertiary/aromatic N) is 2. The van der Waals surface area contributed by atoms with Crippen LogP contribution in [0.2, 0.25) is 5.02 Å². The standard InChI is InChI=1S/C17H18ClFN4O2/c18-11-2-1-3-14(8-11)23-16(24)22-13-4-6-15(7-5-13)25-17-20-9-12(19)10-21-17/h1-3,8-10,13,15H,4-7H2,(H2,22,23,24). The Morgan fingerprint density at radius 3 is 2.60 bits per heavy atom. The van der Waals surface area contributed by atoms with Crippen molar-refractivity contribution in [2.45, 2.75) is 37.8 Å². The zero-order chi connectivity index (χ0) is 17.6. The second-order valence-electron chi connectivity index (χ2n) is 5.88. The summed E-state index contributed by atoms with van der Waals surface area (Å²) in [5.74, 6) is -0.494. The van der Waals surface area contributed by atoms with E-state index >= 15 is 0 Å². The number of halogens is 2. The summed E-state index contributed by atoms with van der Waals surface area (Å²) in [6, 6.07) is 6.99. The first-order valence-corrected chi connectivity index (χ1v) is 8.43. The SMILES string of the molecule is O=C(Nc1cccc(Cl)c1)NC1CCC(Oc2ncc(F)cn2)CC1. The lowest BCUT2D eigenvalue weighted by atomic mass is 9.93. The number of aromatic nitrogens is 2. The van der Waals surface area contributed by atoms with Gasteiger partial charge in [-0.15, -0.1) is 0 Å². The van der Waals surface area contributed by atoms with Crippen LogP contribution in [0.25, 0.3) is 0 Å². The van der Waals surface area contributed by atoms with Crippen LogP contribution in [0, 0.1) is 5.82 Å². The molecule has 0 bridgehead atoms. The van der Waals surface area contributed by atoms with Gasteiger partial charge in [-0.05, 0) is 43.9 Å². The van der Waals surface area contributed by atoms with Gasteiger partial charge < -0.3 is 15.4 Å². The summed E-state index contributed by atoms with van der Waals surface area (Å²) < 4.78 is 18.4. The van der Waals surface area contributed by atoms with Gasteiger partial charge in [-0.25, -0.2) is 19.2 Å². The molecule has 1 saturated carbocycles. The largest absolute Gasteiger partial charge is 0.460 e.